The van der Waals surface area contributed by atoms with E-state index in [1.165, 1.54) is 18.2 Å². The Balaban J connectivity index is 0.000000304. The van der Waals surface area contributed by atoms with Gasteiger partial charge in [-0.1, -0.05) is 13.0 Å². The summed E-state index contributed by atoms with van der Waals surface area (Å²) >= 11 is 0. The molecule has 0 saturated carbocycles. The van der Waals surface area contributed by atoms with Gasteiger partial charge in [0.2, 0.25) is 0 Å². The molecular weight excluding hydrogens is 274 g/mol. The Morgan fingerprint density at radius 3 is 2.29 bits per heavy atom. The molecule has 0 saturated heterocycles. The number of rotatable bonds is 2. The second-order valence-electron chi connectivity index (χ2n) is 4.50. The highest BCUT2D eigenvalue weighted by Crippen LogP contribution is 2.28. The van der Waals surface area contributed by atoms with Crippen molar-refractivity contribution in [1.82, 2.24) is 5.32 Å². The summed E-state index contributed by atoms with van der Waals surface area (Å²) in [5.41, 5.74) is 0.842. The fourth-order valence-electron chi connectivity index (χ4n) is 1.89. The van der Waals surface area contributed by atoms with E-state index in [-0.39, 0.29) is 22.8 Å². The summed E-state index contributed by atoms with van der Waals surface area (Å²) in [5, 5.41) is 20.5. The number of hydrogen-bond acceptors (Lipinski definition) is 4. The van der Waals surface area contributed by atoms with Crippen molar-refractivity contribution in [3.05, 3.63) is 47.2 Å². The van der Waals surface area contributed by atoms with Crippen molar-refractivity contribution in [2.24, 2.45) is 5.92 Å². The molecule has 0 bridgehead atoms. The van der Waals surface area contributed by atoms with Gasteiger partial charge in [0.1, 0.15) is 0 Å². The van der Waals surface area contributed by atoms with Crippen LogP contribution in [0.1, 0.15) is 13.8 Å². The van der Waals surface area contributed by atoms with Crippen LogP contribution in [0.4, 0.5) is 0 Å². The Labute approximate surface area is 122 Å². The smallest absolute Gasteiger partial charge is 0.335 e. The van der Waals surface area contributed by atoms with Crippen LogP contribution >= 0.6 is 0 Å². The van der Waals surface area contributed by atoms with Crippen molar-refractivity contribution in [3.8, 4) is 0 Å². The maximum atomic E-state index is 10.9. The van der Waals surface area contributed by atoms with E-state index in [9.17, 15) is 14.4 Å². The van der Waals surface area contributed by atoms with Crippen molar-refractivity contribution in [2.75, 3.05) is 6.54 Å². The third-order valence-corrected chi connectivity index (χ3v) is 3.09. The van der Waals surface area contributed by atoms with E-state index in [2.05, 4.69) is 5.32 Å². The Hall–Kier alpha value is -2.63. The van der Waals surface area contributed by atoms with E-state index in [0.29, 0.717) is 12.1 Å². The van der Waals surface area contributed by atoms with Gasteiger partial charge in [-0.05, 0) is 30.7 Å². The van der Waals surface area contributed by atoms with Crippen LogP contribution in [-0.2, 0) is 14.4 Å². The van der Waals surface area contributed by atoms with Crippen molar-refractivity contribution >= 4 is 17.7 Å². The predicted octanol–water partition coefficient (Wildman–Crippen LogP) is 1.28. The molecule has 2 rings (SSSR count). The summed E-state index contributed by atoms with van der Waals surface area (Å²) in [4.78, 5) is 31.7. The molecule has 1 heterocycles. The second-order valence-corrected chi connectivity index (χ2v) is 4.50. The highest BCUT2D eigenvalue weighted by atomic mass is 16.4. The molecule has 0 aromatic carbocycles. The number of ketones is 1. The van der Waals surface area contributed by atoms with Crippen LogP contribution in [0.3, 0.4) is 0 Å². The Morgan fingerprint density at radius 2 is 1.95 bits per heavy atom. The molecule has 1 unspecified atom stereocenters. The van der Waals surface area contributed by atoms with Gasteiger partial charge < -0.3 is 15.5 Å². The number of nitrogens with one attached hydrogen (secondary N) is 1. The summed E-state index contributed by atoms with van der Waals surface area (Å²) in [6.07, 6.45) is 7.62. The van der Waals surface area contributed by atoms with Crippen LogP contribution in [0, 0.1) is 5.92 Å². The average molecular weight is 291 g/mol. The molecule has 0 amide bonds. The molecule has 0 aromatic rings. The molecule has 0 radical (unpaired) electrons. The molecular formula is C15H17NO5. The van der Waals surface area contributed by atoms with E-state index < -0.39 is 11.9 Å². The first-order valence-electron chi connectivity index (χ1n) is 6.35. The Kier molecular flexibility index (Phi) is 5.66. The molecule has 21 heavy (non-hydrogen) atoms. The maximum Gasteiger partial charge on any atom is 0.335 e. The average Bonchev–Trinajstić information content (AvgIpc) is 2.90. The van der Waals surface area contributed by atoms with Crippen molar-refractivity contribution in [2.45, 2.75) is 13.8 Å². The van der Waals surface area contributed by atoms with E-state index in [4.69, 9.17) is 10.2 Å². The minimum atomic E-state index is -1.11. The quantitative estimate of drug-likeness (QED) is 0.708. The number of carboxylic acid groups (broad SMARTS) is 2. The number of carbonyl (C=O) groups excluding carboxylic acids is 1. The number of aliphatic carboxylic acids is 2. The van der Waals surface area contributed by atoms with Gasteiger partial charge in [0.05, 0.1) is 12.1 Å². The van der Waals surface area contributed by atoms with Crippen molar-refractivity contribution < 1.29 is 24.6 Å². The van der Waals surface area contributed by atoms with Gasteiger partial charge in [0, 0.05) is 17.7 Å². The van der Waals surface area contributed by atoms with Gasteiger partial charge in [0.25, 0.3) is 0 Å². The minimum Gasteiger partial charge on any atom is -0.478 e. The highest BCUT2D eigenvalue weighted by Gasteiger charge is 2.24. The lowest BCUT2D eigenvalue weighted by molar-refractivity contribution is -0.133. The Morgan fingerprint density at radius 1 is 1.29 bits per heavy atom. The third-order valence-electron chi connectivity index (χ3n) is 3.09. The Bertz CT molecular complexity index is 581. The number of carbonyl (C=O) groups is 3. The summed E-state index contributed by atoms with van der Waals surface area (Å²) in [7, 11) is 0. The minimum absolute atomic E-state index is 0.0126. The normalized spacial score (nSPS) is 21.9. The first kappa shape index (κ1) is 16.4. The molecule has 1 aliphatic carbocycles. The zero-order valence-electron chi connectivity index (χ0n) is 11.8. The van der Waals surface area contributed by atoms with Gasteiger partial charge in [-0.25, -0.2) is 9.59 Å². The zero-order chi connectivity index (χ0) is 16.0. The highest BCUT2D eigenvalue weighted by molar-refractivity contribution is 5.97. The summed E-state index contributed by atoms with van der Waals surface area (Å²) in [5.74, 6) is -2.29. The van der Waals surface area contributed by atoms with Crippen LogP contribution in [0.5, 0.6) is 0 Å². The van der Waals surface area contributed by atoms with Crippen LogP contribution in [0.15, 0.2) is 47.2 Å². The van der Waals surface area contributed by atoms with E-state index in [0.717, 1.165) is 0 Å². The molecule has 0 fully saturated rings. The first-order valence-corrected chi connectivity index (χ1v) is 6.35. The summed E-state index contributed by atoms with van der Waals surface area (Å²) in [6, 6.07) is 0. The van der Waals surface area contributed by atoms with E-state index in [1.54, 1.807) is 26.1 Å². The summed E-state index contributed by atoms with van der Waals surface area (Å²) < 4.78 is 0. The van der Waals surface area contributed by atoms with Gasteiger partial charge in [-0.2, -0.15) is 0 Å². The molecule has 112 valence electrons. The van der Waals surface area contributed by atoms with Gasteiger partial charge in [-0.3, -0.25) is 4.79 Å². The molecule has 0 spiro atoms. The molecule has 6 heteroatoms. The van der Waals surface area contributed by atoms with Crippen molar-refractivity contribution in [1.29, 1.82) is 0 Å². The van der Waals surface area contributed by atoms with Crippen LogP contribution in [-0.4, -0.2) is 34.5 Å². The van der Waals surface area contributed by atoms with E-state index >= 15 is 0 Å². The number of allylic oxidation sites excluding steroid dienone is 3. The van der Waals surface area contributed by atoms with Crippen LogP contribution in [0.25, 0.3) is 0 Å². The zero-order valence-corrected chi connectivity index (χ0v) is 11.8. The molecule has 2 aliphatic rings. The first-order chi connectivity index (χ1) is 9.86. The van der Waals surface area contributed by atoms with E-state index in [1.807, 2.05) is 0 Å². The molecule has 1 aliphatic heterocycles. The fourth-order valence-corrected chi connectivity index (χ4v) is 1.89. The lowest BCUT2D eigenvalue weighted by Crippen LogP contribution is -2.17. The van der Waals surface area contributed by atoms with Gasteiger partial charge in [0.15, 0.2) is 5.78 Å². The topological polar surface area (TPSA) is 104 Å². The van der Waals surface area contributed by atoms with Gasteiger partial charge in [-0.15, -0.1) is 0 Å². The van der Waals surface area contributed by atoms with Gasteiger partial charge >= 0.3 is 11.9 Å². The van der Waals surface area contributed by atoms with Crippen LogP contribution in [0.2, 0.25) is 0 Å². The number of carboxylic acids is 2. The van der Waals surface area contributed by atoms with Crippen LogP contribution < -0.4 is 5.32 Å². The standard InChI is InChI=1S/C11H12O4.C4H5NO/c1-3-7-4-8(10(12)13)5-9(6(7)2)11(14)15;6-4-1-2-5-3-4/h3-6H,1-2H3,(H,12,13)(H,14,15);1-2,5H,3H2. The summed E-state index contributed by atoms with van der Waals surface area (Å²) in [6.45, 7) is 3.98. The second kappa shape index (κ2) is 7.23. The molecule has 1 atom stereocenters. The fraction of sp³-hybridized carbons (Fsp3) is 0.267. The largest absolute Gasteiger partial charge is 0.478 e. The maximum absolute atomic E-state index is 10.9. The monoisotopic (exact) mass is 291 g/mol. The molecule has 0 aromatic heterocycles. The lowest BCUT2D eigenvalue weighted by atomic mass is 9.85. The molecule has 6 nitrogen and oxygen atoms in total. The number of hydrogen-bond donors (Lipinski definition) is 3. The third kappa shape index (κ3) is 4.45. The lowest BCUT2D eigenvalue weighted by Gasteiger charge is -2.18. The van der Waals surface area contributed by atoms with Crippen molar-refractivity contribution in [3.63, 3.8) is 0 Å². The predicted molar refractivity (Wildman–Crippen MR) is 76.5 cm³/mol. The molecule has 3 N–H and O–H groups in total. The SMILES string of the molecule is CC=C1C=C(C(=O)O)C=C(C(=O)O)C1C.O=C1C=CNC1.